The second-order valence-electron chi connectivity index (χ2n) is 2.83. The van der Waals surface area contributed by atoms with Gasteiger partial charge in [0.25, 0.3) is 0 Å². The molecule has 11 heavy (non-hydrogen) atoms. The first-order valence-corrected chi connectivity index (χ1v) is 4.11. The largest absolute Gasteiger partial charge is 0.343 e. The third-order valence-corrected chi connectivity index (χ3v) is 1.96. The number of carbonyl (C=O) groups is 1. The van der Waals surface area contributed by atoms with Gasteiger partial charge >= 0.3 is 0 Å². The quantitative estimate of drug-likeness (QED) is 0.606. The third-order valence-electron chi connectivity index (χ3n) is 1.96. The molecule has 0 aliphatic carbocycles. The lowest BCUT2D eigenvalue weighted by Crippen LogP contribution is -2.27. The van der Waals surface area contributed by atoms with Crippen LogP contribution in [0.3, 0.4) is 0 Å². The number of carbonyl (C=O) groups excluding carboxylic acids is 1. The van der Waals surface area contributed by atoms with Gasteiger partial charge in [0.05, 0.1) is 0 Å². The fourth-order valence-corrected chi connectivity index (χ4v) is 1.32. The molecule has 1 heterocycles. The molecule has 1 rings (SSSR count). The van der Waals surface area contributed by atoms with Gasteiger partial charge in [-0.15, -0.1) is 0 Å². The summed E-state index contributed by atoms with van der Waals surface area (Å²) >= 11 is 0. The Bertz CT molecular complexity index is 150. The average Bonchev–Trinajstić information content (AvgIpc) is 2.52. The van der Waals surface area contributed by atoms with Crippen molar-refractivity contribution in [1.82, 2.24) is 4.90 Å². The summed E-state index contributed by atoms with van der Waals surface area (Å²) < 4.78 is 0. The van der Waals surface area contributed by atoms with E-state index in [0.717, 1.165) is 25.9 Å². The summed E-state index contributed by atoms with van der Waals surface area (Å²) in [6, 6.07) is 0. The Morgan fingerprint density at radius 2 is 2.09 bits per heavy atom. The Kier molecular flexibility index (Phi) is 3.08. The van der Waals surface area contributed by atoms with Gasteiger partial charge in [-0.3, -0.25) is 4.79 Å². The van der Waals surface area contributed by atoms with Crippen LogP contribution >= 0.6 is 0 Å². The predicted octanol–water partition coefficient (Wildman–Crippen LogP) is 1.04. The Hall–Kier alpha value is -0.860. The molecule has 0 saturated carbocycles. The molecule has 0 aromatic carbocycles. The minimum absolute atomic E-state index is 0.214. The standard InChI is InChI=1S/C8H14N2O/c9-5-3-4-8(11)10-6-1-2-7-10/h5,9H,1-4,6-7H2. The van der Waals surface area contributed by atoms with E-state index in [1.54, 1.807) is 0 Å². The lowest BCUT2D eigenvalue weighted by atomic mass is 10.3. The predicted molar refractivity (Wildman–Crippen MR) is 43.8 cm³/mol. The smallest absolute Gasteiger partial charge is 0.222 e. The van der Waals surface area contributed by atoms with Gasteiger partial charge < -0.3 is 10.3 Å². The Morgan fingerprint density at radius 3 is 2.64 bits per heavy atom. The maximum atomic E-state index is 11.2. The monoisotopic (exact) mass is 154 g/mol. The summed E-state index contributed by atoms with van der Waals surface area (Å²) in [6.07, 6.45) is 4.71. The van der Waals surface area contributed by atoms with Gasteiger partial charge in [-0.1, -0.05) is 0 Å². The van der Waals surface area contributed by atoms with E-state index < -0.39 is 0 Å². The van der Waals surface area contributed by atoms with Crippen LogP contribution in [0.2, 0.25) is 0 Å². The van der Waals surface area contributed by atoms with E-state index in [1.807, 2.05) is 4.90 Å². The molecule has 0 spiro atoms. The molecule has 1 fully saturated rings. The molecule has 0 aromatic heterocycles. The van der Waals surface area contributed by atoms with Crippen molar-refractivity contribution in [3.05, 3.63) is 0 Å². The number of hydrogen-bond donors (Lipinski definition) is 1. The Morgan fingerprint density at radius 1 is 1.45 bits per heavy atom. The fraction of sp³-hybridized carbons (Fsp3) is 0.750. The molecule has 0 unspecified atom stereocenters. The van der Waals surface area contributed by atoms with Crippen LogP contribution < -0.4 is 0 Å². The lowest BCUT2D eigenvalue weighted by Gasteiger charge is -2.13. The van der Waals surface area contributed by atoms with Gasteiger partial charge in [0.1, 0.15) is 0 Å². The molecule has 1 N–H and O–H groups in total. The molecular formula is C8H14N2O. The SMILES string of the molecule is N=CCCC(=O)N1CCCC1. The van der Waals surface area contributed by atoms with Crippen molar-refractivity contribution in [2.45, 2.75) is 25.7 Å². The minimum Gasteiger partial charge on any atom is -0.343 e. The van der Waals surface area contributed by atoms with Gasteiger partial charge in [-0.25, -0.2) is 0 Å². The molecule has 3 nitrogen and oxygen atoms in total. The highest BCUT2D eigenvalue weighted by atomic mass is 16.2. The van der Waals surface area contributed by atoms with Crippen LogP contribution in [0.15, 0.2) is 0 Å². The van der Waals surface area contributed by atoms with Gasteiger partial charge in [0.2, 0.25) is 5.91 Å². The Labute approximate surface area is 66.9 Å². The van der Waals surface area contributed by atoms with Gasteiger partial charge in [-0.05, 0) is 25.5 Å². The first kappa shape index (κ1) is 8.24. The number of rotatable bonds is 3. The molecule has 0 aromatic rings. The zero-order valence-corrected chi connectivity index (χ0v) is 6.68. The highest BCUT2D eigenvalue weighted by Gasteiger charge is 2.16. The van der Waals surface area contributed by atoms with Crippen molar-refractivity contribution in [2.24, 2.45) is 0 Å². The zero-order chi connectivity index (χ0) is 8.10. The molecular weight excluding hydrogens is 140 g/mol. The molecule has 1 saturated heterocycles. The first-order chi connectivity index (χ1) is 5.34. The van der Waals surface area contributed by atoms with Gasteiger partial charge in [-0.2, -0.15) is 0 Å². The maximum Gasteiger partial charge on any atom is 0.222 e. The van der Waals surface area contributed by atoms with E-state index in [4.69, 9.17) is 5.41 Å². The molecule has 1 aliphatic heterocycles. The van der Waals surface area contributed by atoms with E-state index in [-0.39, 0.29) is 5.91 Å². The van der Waals surface area contributed by atoms with E-state index in [1.165, 1.54) is 6.21 Å². The molecule has 1 aliphatic rings. The second-order valence-corrected chi connectivity index (χ2v) is 2.83. The van der Waals surface area contributed by atoms with Crippen molar-refractivity contribution in [2.75, 3.05) is 13.1 Å². The van der Waals surface area contributed by atoms with Crippen LogP contribution in [0, 0.1) is 5.41 Å². The number of nitrogens with one attached hydrogen (secondary N) is 1. The van der Waals surface area contributed by atoms with Gasteiger partial charge in [0.15, 0.2) is 0 Å². The summed E-state index contributed by atoms with van der Waals surface area (Å²) in [7, 11) is 0. The summed E-state index contributed by atoms with van der Waals surface area (Å²) in [4.78, 5) is 13.1. The fourth-order valence-electron chi connectivity index (χ4n) is 1.32. The minimum atomic E-state index is 0.214. The topological polar surface area (TPSA) is 44.2 Å². The van der Waals surface area contributed by atoms with E-state index in [9.17, 15) is 4.79 Å². The first-order valence-electron chi connectivity index (χ1n) is 4.11. The lowest BCUT2D eigenvalue weighted by molar-refractivity contribution is -0.129. The zero-order valence-electron chi connectivity index (χ0n) is 6.68. The highest BCUT2D eigenvalue weighted by molar-refractivity contribution is 5.78. The Balaban J connectivity index is 2.22. The molecule has 0 radical (unpaired) electrons. The van der Waals surface area contributed by atoms with Crippen molar-refractivity contribution >= 4 is 12.1 Å². The molecule has 0 atom stereocenters. The summed E-state index contributed by atoms with van der Waals surface area (Å²) in [5.74, 6) is 0.214. The number of likely N-dealkylation sites (tertiary alicyclic amines) is 1. The average molecular weight is 154 g/mol. The molecule has 3 heteroatoms. The van der Waals surface area contributed by atoms with Crippen LogP contribution in [0.25, 0.3) is 0 Å². The van der Waals surface area contributed by atoms with E-state index >= 15 is 0 Å². The van der Waals surface area contributed by atoms with Crippen molar-refractivity contribution < 1.29 is 4.79 Å². The highest BCUT2D eigenvalue weighted by Crippen LogP contribution is 2.08. The van der Waals surface area contributed by atoms with Crippen LogP contribution in [0.4, 0.5) is 0 Å². The molecule has 1 amide bonds. The summed E-state index contributed by atoms with van der Waals surface area (Å²) in [6.45, 7) is 1.85. The second kappa shape index (κ2) is 4.11. The van der Waals surface area contributed by atoms with Crippen LogP contribution in [0.5, 0.6) is 0 Å². The van der Waals surface area contributed by atoms with Gasteiger partial charge in [0, 0.05) is 19.5 Å². The van der Waals surface area contributed by atoms with Crippen LogP contribution in [-0.2, 0) is 4.79 Å². The van der Waals surface area contributed by atoms with Crippen molar-refractivity contribution in [3.63, 3.8) is 0 Å². The maximum absolute atomic E-state index is 11.2. The third kappa shape index (κ3) is 2.33. The number of nitrogens with zero attached hydrogens (tertiary/aromatic N) is 1. The number of hydrogen-bond acceptors (Lipinski definition) is 2. The normalized spacial score (nSPS) is 16.9. The summed E-state index contributed by atoms with van der Waals surface area (Å²) in [5.41, 5.74) is 0. The van der Waals surface area contributed by atoms with E-state index in [0.29, 0.717) is 12.8 Å². The summed E-state index contributed by atoms with van der Waals surface area (Å²) in [5, 5.41) is 6.77. The van der Waals surface area contributed by atoms with Crippen LogP contribution in [0.1, 0.15) is 25.7 Å². The number of amides is 1. The molecule has 62 valence electrons. The van der Waals surface area contributed by atoms with Crippen LogP contribution in [-0.4, -0.2) is 30.1 Å². The van der Waals surface area contributed by atoms with Crippen molar-refractivity contribution in [1.29, 1.82) is 5.41 Å². The van der Waals surface area contributed by atoms with Crippen molar-refractivity contribution in [3.8, 4) is 0 Å². The molecule has 0 bridgehead atoms. The van der Waals surface area contributed by atoms with E-state index in [2.05, 4.69) is 0 Å².